The Kier molecular flexibility index (Phi) is 4.82. The quantitative estimate of drug-likeness (QED) is 0.804. The highest BCUT2D eigenvalue weighted by Crippen LogP contribution is 2.28. The topological polar surface area (TPSA) is 37.4 Å². The molecule has 3 nitrogen and oxygen atoms in total. The van der Waals surface area contributed by atoms with Gasteiger partial charge in [-0.05, 0) is 17.7 Å². The molecule has 106 valence electrons. The Morgan fingerprint density at radius 1 is 1.21 bits per heavy atom. The number of hydrogen-bond acceptors (Lipinski definition) is 3. The molecule has 0 aromatic heterocycles. The summed E-state index contributed by atoms with van der Waals surface area (Å²) in [5.41, 5.74) is 0.927. The Balaban J connectivity index is 2.25. The average molecular weight is 320 g/mol. The summed E-state index contributed by atoms with van der Waals surface area (Å²) in [4.78, 5) is 0.354. The highest BCUT2D eigenvalue weighted by atomic mass is 35.5. The summed E-state index contributed by atoms with van der Waals surface area (Å²) in [6.45, 7) is 5.29. The lowest BCUT2D eigenvalue weighted by atomic mass is 10.2. The van der Waals surface area contributed by atoms with Crippen molar-refractivity contribution in [3.05, 3.63) is 29.8 Å². The summed E-state index contributed by atoms with van der Waals surface area (Å²) in [7, 11) is -3.38. The first kappa shape index (κ1) is 15.2. The van der Waals surface area contributed by atoms with E-state index >= 15 is 0 Å². The summed E-state index contributed by atoms with van der Waals surface area (Å²) in [6, 6.07) is 6.82. The molecule has 0 radical (unpaired) electrons. The largest absolute Gasteiger partial charge is 0.243 e. The lowest BCUT2D eigenvalue weighted by molar-refractivity contribution is 0.405. The third-order valence-electron chi connectivity index (χ3n) is 3.10. The van der Waals surface area contributed by atoms with Crippen LogP contribution >= 0.6 is 23.4 Å². The van der Waals surface area contributed by atoms with E-state index in [9.17, 15) is 8.42 Å². The molecule has 1 fully saturated rings. The van der Waals surface area contributed by atoms with E-state index < -0.39 is 10.0 Å². The van der Waals surface area contributed by atoms with E-state index in [-0.39, 0.29) is 0 Å². The third kappa shape index (κ3) is 3.45. The molecule has 0 N–H and O–H groups in total. The van der Waals surface area contributed by atoms with Crippen molar-refractivity contribution in [2.24, 2.45) is 0 Å². The number of nitrogens with zero attached hydrogens (tertiary/aromatic N) is 1. The summed E-state index contributed by atoms with van der Waals surface area (Å²) in [6.07, 6.45) is 0. The Bertz CT molecular complexity index is 520. The molecule has 1 saturated heterocycles. The average Bonchev–Trinajstić information content (AvgIpc) is 2.37. The zero-order valence-corrected chi connectivity index (χ0v) is 13.4. The summed E-state index contributed by atoms with van der Waals surface area (Å²) < 4.78 is 26.7. The lowest BCUT2D eigenvalue weighted by Gasteiger charge is -2.33. The first-order valence-electron chi connectivity index (χ1n) is 6.24. The van der Waals surface area contributed by atoms with Crippen LogP contribution in [0, 0.1) is 0 Å². The van der Waals surface area contributed by atoms with Crippen molar-refractivity contribution in [2.45, 2.75) is 35.1 Å². The maximum atomic E-state index is 12.6. The number of halogens is 1. The highest BCUT2D eigenvalue weighted by Gasteiger charge is 2.31. The predicted octanol–water partition coefficient (Wildman–Crippen LogP) is 2.94. The van der Waals surface area contributed by atoms with E-state index in [4.69, 9.17) is 11.6 Å². The minimum absolute atomic E-state index is 0.334. The van der Waals surface area contributed by atoms with Crippen LogP contribution < -0.4 is 0 Å². The molecule has 0 amide bonds. The Labute approximate surface area is 124 Å². The van der Waals surface area contributed by atoms with Crippen molar-refractivity contribution in [2.75, 3.05) is 13.1 Å². The highest BCUT2D eigenvalue weighted by molar-refractivity contribution is 8.00. The zero-order valence-electron chi connectivity index (χ0n) is 11.0. The molecule has 19 heavy (non-hydrogen) atoms. The molecule has 0 saturated carbocycles. The van der Waals surface area contributed by atoms with Gasteiger partial charge in [0.15, 0.2) is 0 Å². The van der Waals surface area contributed by atoms with E-state index in [0.717, 1.165) is 5.56 Å². The molecule has 2 unspecified atom stereocenters. The van der Waals surface area contributed by atoms with Crippen LogP contribution in [0.4, 0.5) is 0 Å². The van der Waals surface area contributed by atoms with E-state index in [1.165, 1.54) is 0 Å². The van der Waals surface area contributed by atoms with Crippen LogP contribution in [0.25, 0.3) is 0 Å². The molecule has 1 aromatic rings. The normalized spacial score (nSPS) is 25.4. The van der Waals surface area contributed by atoms with Gasteiger partial charge in [0, 0.05) is 29.5 Å². The SMILES string of the molecule is CC1CN(S(=O)(=O)c2ccc(CCl)cc2)CC(C)S1. The third-order valence-corrected chi connectivity index (χ3v) is 6.48. The molecule has 1 aliphatic rings. The van der Waals surface area contributed by atoms with Crippen LogP contribution in [-0.4, -0.2) is 36.3 Å². The van der Waals surface area contributed by atoms with Crippen molar-refractivity contribution < 1.29 is 8.42 Å². The van der Waals surface area contributed by atoms with Crippen molar-refractivity contribution >= 4 is 33.4 Å². The zero-order chi connectivity index (χ0) is 14.0. The minimum Gasteiger partial charge on any atom is -0.207 e. The van der Waals surface area contributed by atoms with Gasteiger partial charge in [0.2, 0.25) is 10.0 Å². The molecule has 1 heterocycles. The van der Waals surface area contributed by atoms with Gasteiger partial charge >= 0.3 is 0 Å². The summed E-state index contributed by atoms with van der Waals surface area (Å²) in [5, 5.41) is 0.668. The number of hydrogen-bond donors (Lipinski definition) is 0. The maximum Gasteiger partial charge on any atom is 0.243 e. The van der Waals surface area contributed by atoms with E-state index in [2.05, 4.69) is 13.8 Å². The second-order valence-corrected chi connectivity index (χ2v) is 8.94. The molecule has 1 aromatic carbocycles. The van der Waals surface area contributed by atoms with Crippen LogP contribution in [-0.2, 0) is 15.9 Å². The van der Waals surface area contributed by atoms with Crippen LogP contribution in [0.5, 0.6) is 0 Å². The monoisotopic (exact) mass is 319 g/mol. The first-order chi connectivity index (χ1) is 8.93. The van der Waals surface area contributed by atoms with Gasteiger partial charge in [-0.3, -0.25) is 0 Å². The molecule has 1 aliphatic heterocycles. The van der Waals surface area contributed by atoms with Crippen molar-refractivity contribution in [3.63, 3.8) is 0 Å². The first-order valence-corrected chi connectivity index (χ1v) is 9.15. The van der Waals surface area contributed by atoms with Gasteiger partial charge in [0.05, 0.1) is 4.90 Å². The molecule has 0 spiro atoms. The van der Waals surface area contributed by atoms with Crippen LogP contribution in [0.1, 0.15) is 19.4 Å². The van der Waals surface area contributed by atoms with Crippen molar-refractivity contribution in [3.8, 4) is 0 Å². The van der Waals surface area contributed by atoms with Gasteiger partial charge in [-0.2, -0.15) is 16.1 Å². The molecule has 2 rings (SSSR count). The number of alkyl halides is 1. The fourth-order valence-electron chi connectivity index (χ4n) is 2.23. The van der Waals surface area contributed by atoms with Gasteiger partial charge < -0.3 is 0 Å². The molecular weight excluding hydrogens is 302 g/mol. The molecule has 0 bridgehead atoms. The molecular formula is C13H18ClNO2S2. The number of benzene rings is 1. The molecule has 2 atom stereocenters. The number of thioether (sulfide) groups is 1. The van der Waals surface area contributed by atoms with Crippen LogP contribution in [0.2, 0.25) is 0 Å². The predicted molar refractivity (Wildman–Crippen MR) is 81.3 cm³/mol. The maximum absolute atomic E-state index is 12.6. The van der Waals surface area contributed by atoms with Gasteiger partial charge in [-0.15, -0.1) is 11.6 Å². The second-order valence-electron chi connectivity index (χ2n) is 4.86. The smallest absolute Gasteiger partial charge is 0.207 e. The number of rotatable bonds is 3. The Morgan fingerprint density at radius 2 is 1.74 bits per heavy atom. The van der Waals surface area contributed by atoms with Crippen LogP contribution in [0.3, 0.4) is 0 Å². The fraction of sp³-hybridized carbons (Fsp3) is 0.538. The van der Waals surface area contributed by atoms with Crippen molar-refractivity contribution in [1.29, 1.82) is 0 Å². The van der Waals surface area contributed by atoms with Gasteiger partial charge in [-0.1, -0.05) is 26.0 Å². The minimum atomic E-state index is -3.38. The van der Waals surface area contributed by atoms with Gasteiger partial charge in [0.25, 0.3) is 0 Å². The summed E-state index contributed by atoms with van der Waals surface area (Å²) in [5.74, 6) is 0.398. The summed E-state index contributed by atoms with van der Waals surface area (Å²) >= 11 is 7.56. The molecule has 6 heteroatoms. The van der Waals surface area contributed by atoms with E-state index in [1.54, 1.807) is 28.6 Å². The second kappa shape index (κ2) is 6.04. The van der Waals surface area contributed by atoms with Crippen molar-refractivity contribution in [1.82, 2.24) is 4.31 Å². The van der Waals surface area contributed by atoms with E-state index in [0.29, 0.717) is 34.4 Å². The van der Waals surface area contributed by atoms with Gasteiger partial charge in [-0.25, -0.2) is 8.42 Å². The van der Waals surface area contributed by atoms with Crippen LogP contribution in [0.15, 0.2) is 29.2 Å². The Hall–Kier alpha value is -0.230. The number of sulfonamides is 1. The standard InChI is InChI=1S/C13H18ClNO2S2/c1-10-8-15(9-11(2)18-10)19(16,17)13-5-3-12(7-14)4-6-13/h3-6,10-11H,7-9H2,1-2H3. The fourth-order valence-corrected chi connectivity index (χ4v) is 5.54. The molecule has 0 aliphatic carbocycles. The lowest BCUT2D eigenvalue weighted by Crippen LogP contribution is -2.43. The Morgan fingerprint density at radius 3 is 2.21 bits per heavy atom. The van der Waals surface area contributed by atoms with E-state index in [1.807, 2.05) is 11.8 Å². The van der Waals surface area contributed by atoms with Gasteiger partial charge in [0.1, 0.15) is 0 Å².